The summed E-state index contributed by atoms with van der Waals surface area (Å²) in [4.78, 5) is 27.1. The van der Waals surface area contributed by atoms with Crippen LogP contribution in [0, 0.1) is 0 Å². The molecular weight excluding hydrogens is 482 g/mol. The summed E-state index contributed by atoms with van der Waals surface area (Å²) in [5.41, 5.74) is 4.49. The minimum absolute atomic E-state index is 0.0168. The lowest BCUT2D eigenvalue weighted by Crippen LogP contribution is -2.36. The summed E-state index contributed by atoms with van der Waals surface area (Å²) in [6.07, 6.45) is 2.60. The van der Waals surface area contributed by atoms with Gasteiger partial charge in [0.2, 0.25) is 0 Å². The third kappa shape index (κ3) is 5.57. The number of methoxy groups -OCH3 is 2. The van der Waals surface area contributed by atoms with Crippen molar-refractivity contribution in [3.8, 4) is 17.2 Å². The molecule has 1 aliphatic carbocycles. The van der Waals surface area contributed by atoms with Gasteiger partial charge in [-0.3, -0.25) is 4.79 Å². The molecule has 1 N–H and O–H groups in total. The molecule has 2 aromatic carbocycles. The Morgan fingerprint density at radius 2 is 1.63 bits per heavy atom. The van der Waals surface area contributed by atoms with Crippen LogP contribution >= 0.6 is 0 Å². The van der Waals surface area contributed by atoms with E-state index in [-0.39, 0.29) is 11.7 Å². The molecule has 0 aromatic heterocycles. The van der Waals surface area contributed by atoms with Crippen molar-refractivity contribution in [1.82, 2.24) is 5.32 Å². The van der Waals surface area contributed by atoms with Gasteiger partial charge in [-0.1, -0.05) is 32.0 Å². The van der Waals surface area contributed by atoms with Crippen LogP contribution in [-0.2, 0) is 14.3 Å². The molecule has 1 heterocycles. The van der Waals surface area contributed by atoms with Gasteiger partial charge in [0.15, 0.2) is 17.3 Å². The highest BCUT2D eigenvalue weighted by molar-refractivity contribution is 6.04. The summed E-state index contributed by atoms with van der Waals surface area (Å²) in [7, 11) is 3.23. The Morgan fingerprint density at radius 1 is 0.921 bits per heavy atom. The summed E-state index contributed by atoms with van der Waals surface area (Å²) < 4.78 is 22.3. The number of dihydropyridines is 1. The second-order valence-electron chi connectivity index (χ2n) is 9.69. The third-order valence-corrected chi connectivity index (χ3v) is 7.05. The fourth-order valence-electron chi connectivity index (χ4n) is 5.22. The van der Waals surface area contributed by atoms with E-state index in [2.05, 4.69) is 5.32 Å². The van der Waals surface area contributed by atoms with E-state index in [1.165, 1.54) is 0 Å². The van der Waals surface area contributed by atoms with Crippen LogP contribution in [0.4, 0.5) is 0 Å². The average molecular weight is 520 g/mol. The second kappa shape index (κ2) is 12.2. The van der Waals surface area contributed by atoms with Gasteiger partial charge in [0.1, 0.15) is 5.75 Å². The molecule has 0 bridgehead atoms. The summed E-state index contributed by atoms with van der Waals surface area (Å²) in [6, 6.07) is 13.5. The number of rotatable bonds is 10. The molecule has 7 heteroatoms. The van der Waals surface area contributed by atoms with Crippen molar-refractivity contribution in [1.29, 1.82) is 0 Å². The fourth-order valence-corrected chi connectivity index (χ4v) is 5.22. The Hall–Kier alpha value is -3.74. The number of carbonyl (C=O) groups is 2. The summed E-state index contributed by atoms with van der Waals surface area (Å²) >= 11 is 0. The Morgan fingerprint density at radius 3 is 2.29 bits per heavy atom. The summed E-state index contributed by atoms with van der Waals surface area (Å²) in [6.45, 7) is 6.75. The predicted octanol–water partition coefficient (Wildman–Crippen LogP) is 5.81. The highest BCUT2D eigenvalue weighted by Gasteiger charge is 2.41. The topological polar surface area (TPSA) is 83.1 Å². The Bertz CT molecular complexity index is 1240. The summed E-state index contributed by atoms with van der Waals surface area (Å²) in [5.74, 6) is 1.05. The number of esters is 1. The maximum Gasteiger partial charge on any atom is 0.336 e. The van der Waals surface area contributed by atoms with Gasteiger partial charge in [-0.05, 0) is 67.5 Å². The highest BCUT2D eigenvalue weighted by atomic mass is 16.5. The first-order chi connectivity index (χ1) is 18.4. The highest BCUT2D eigenvalue weighted by Crippen LogP contribution is 2.47. The fraction of sp³-hybridized carbons (Fsp3) is 0.419. The van der Waals surface area contributed by atoms with Crippen LogP contribution < -0.4 is 19.5 Å². The van der Waals surface area contributed by atoms with Gasteiger partial charge >= 0.3 is 5.97 Å². The molecule has 2 aliphatic rings. The minimum atomic E-state index is -0.561. The van der Waals surface area contributed by atoms with Crippen molar-refractivity contribution >= 4 is 11.8 Å². The molecule has 0 radical (unpaired) electrons. The maximum atomic E-state index is 13.8. The molecule has 0 saturated heterocycles. The zero-order chi connectivity index (χ0) is 27.2. The zero-order valence-electron chi connectivity index (χ0n) is 22.9. The number of nitrogens with one attached hydrogen (secondary N) is 1. The molecule has 0 amide bonds. The molecule has 0 fully saturated rings. The minimum Gasteiger partial charge on any atom is -0.497 e. The average Bonchev–Trinajstić information content (AvgIpc) is 2.93. The number of carbonyl (C=O) groups excluding carboxylic acids is 2. The van der Waals surface area contributed by atoms with Gasteiger partial charge in [-0.25, -0.2) is 4.79 Å². The quantitative estimate of drug-likeness (QED) is 0.397. The first kappa shape index (κ1) is 27.3. The van der Waals surface area contributed by atoms with E-state index in [1.54, 1.807) is 14.2 Å². The van der Waals surface area contributed by atoms with E-state index in [0.29, 0.717) is 60.8 Å². The van der Waals surface area contributed by atoms with Crippen LogP contribution in [0.25, 0.3) is 0 Å². The molecule has 2 aromatic rings. The predicted molar refractivity (Wildman–Crippen MR) is 146 cm³/mol. The van der Waals surface area contributed by atoms with Crippen molar-refractivity contribution in [2.45, 2.75) is 58.3 Å². The SMILES string of the molecule is CCCOC(=O)C1=C(C)NC2=C(C(=O)C[C@@H](c3ccc(OC)cc3)C2)[C@@H]1c1ccc(OCCC)c(OC)c1. The monoisotopic (exact) mass is 519 g/mol. The van der Waals surface area contributed by atoms with Gasteiger partial charge in [0.25, 0.3) is 0 Å². The number of ether oxygens (including phenoxy) is 4. The molecule has 202 valence electrons. The van der Waals surface area contributed by atoms with E-state index in [0.717, 1.165) is 29.0 Å². The van der Waals surface area contributed by atoms with Gasteiger partial charge in [0.05, 0.1) is 33.0 Å². The van der Waals surface area contributed by atoms with Crippen molar-refractivity contribution in [3.05, 3.63) is 76.1 Å². The van der Waals surface area contributed by atoms with Crippen LogP contribution in [0.15, 0.2) is 65.0 Å². The van der Waals surface area contributed by atoms with Crippen LogP contribution in [-0.4, -0.2) is 39.2 Å². The van der Waals surface area contributed by atoms with E-state index in [4.69, 9.17) is 18.9 Å². The molecule has 7 nitrogen and oxygen atoms in total. The van der Waals surface area contributed by atoms with Crippen molar-refractivity contribution in [2.75, 3.05) is 27.4 Å². The molecule has 0 spiro atoms. The molecule has 4 rings (SSSR count). The van der Waals surface area contributed by atoms with Gasteiger partial charge in [-0.2, -0.15) is 0 Å². The van der Waals surface area contributed by atoms with Crippen molar-refractivity contribution < 1.29 is 28.5 Å². The van der Waals surface area contributed by atoms with Crippen LogP contribution in [0.5, 0.6) is 17.2 Å². The summed E-state index contributed by atoms with van der Waals surface area (Å²) in [5, 5.41) is 3.40. The van der Waals surface area contributed by atoms with E-state index in [9.17, 15) is 9.59 Å². The number of benzene rings is 2. The van der Waals surface area contributed by atoms with Gasteiger partial charge in [-0.15, -0.1) is 0 Å². The van der Waals surface area contributed by atoms with E-state index in [1.807, 2.05) is 63.2 Å². The second-order valence-corrected chi connectivity index (χ2v) is 9.69. The Labute approximate surface area is 224 Å². The number of allylic oxidation sites excluding steroid dienone is 3. The molecule has 38 heavy (non-hydrogen) atoms. The van der Waals surface area contributed by atoms with Crippen molar-refractivity contribution in [3.63, 3.8) is 0 Å². The molecule has 2 atom stereocenters. The van der Waals surface area contributed by atoms with E-state index < -0.39 is 11.9 Å². The Kier molecular flexibility index (Phi) is 8.77. The normalized spacial score (nSPS) is 19.0. The van der Waals surface area contributed by atoms with Crippen LogP contribution in [0.3, 0.4) is 0 Å². The Balaban J connectivity index is 1.77. The number of hydrogen-bond donors (Lipinski definition) is 1. The molecule has 0 saturated carbocycles. The number of Topliss-reactive ketones (excluding diaryl/α,β-unsaturated/α-hetero) is 1. The van der Waals surface area contributed by atoms with Gasteiger partial charge < -0.3 is 24.3 Å². The first-order valence-electron chi connectivity index (χ1n) is 13.3. The zero-order valence-corrected chi connectivity index (χ0v) is 22.9. The molecular formula is C31H37NO6. The number of hydrogen-bond acceptors (Lipinski definition) is 7. The van der Waals surface area contributed by atoms with Crippen molar-refractivity contribution in [2.24, 2.45) is 0 Å². The standard InChI is InChI=1S/C31H37NO6/c1-6-14-37-26-13-10-21(18-27(26)36-5)29-28(31(34)38-15-7-2)19(3)32-24-16-22(17-25(33)30(24)29)20-8-11-23(35-4)12-9-20/h8-13,18,22,29,32H,6-7,14-17H2,1-5H3/t22-,29+/m0/s1. The van der Waals surface area contributed by atoms with E-state index >= 15 is 0 Å². The lowest BCUT2D eigenvalue weighted by molar-refractivity contribution is -0.139. The first-order valence-corrected chi connectivity index (χ1v) is 13.3. The smallest absolute Gasteiger partial charge is 0.336 e. The maximum absolute atomic E-state index is 13.8. The van der Waals surface area contributed by atoms with Crippen LogP contribution in [0.1, 0.15) is 69.4 Å². The molecule has 0 unspecified atom stereocenters. The lowest BCUT2D eigenvalue weighted by Gasteiger charge is -2.37. The molecule has 1 aliphatic heterocycles. The van der Waals surface area contributed by atoms with Gasteiger partial charge in [0, 0.05) is 29.3 Å². The third-order valence-electron chi connectivity index (χ3n) is 7.05. The lowest BCUT2D eigenvalue weighted by atomic mass is 9.71. The van der Waals surface area contributed by atoms with Crippen LogP contribution in [0.2, 0.25) is 0 Å². The largest absolute Gasteiger partial charge is 0.497 e. The number of ketones is 1.